The molecule has 0 unspecified atom stereocenters. The minimum atomic E-state index is -0.318. The molecule has 0 bridgehead atoms. The third-order valence-electron chi connectivity index (χ3n) is 3.32. The van der Waals surface area contributed by atoms with Crippen LogP contribution in [0.2, 0.25) is 0 Å². The van der Waals surface area contributed by atoms with Crippen LogP contribution in [0.1, 0.15) is 5.69 Å². The van der Waals surface area contributed by atoms with Crippen LogP contribution < -0.4 is 15.4 Å². The number of hydrogen-bond acceptors (Lipinski definition) is 5. The third kappa shape index (κ3) is 3.57. The van der Waals surface area contributed by atoms with Crippen LogP contribution >= 0.6 is 11.5 Å². The zero-order valence-electron chi connectivity index (χ0n) is 12.6. The van der Waals surface area contributed by atoms with Crippen molar-refractivity contribution in [3.8, 4) is 5.75 Å². The summed E-state index contributed by atoms with van der Waals surface area (Å²) in [7, 11) is 1.54. The van der Waals surface area contributed by atoms with E-state index in [0.717, 1.165) is 15.8 Å². The summed E-state index contributed by atoms with van der Waals surface area (Å²) in [5.74, 6) is 0.916. The van der Waals surface area contributed by atoms with Crippen molar-refractivity contribution in [2.24, 2.45) is 0 Å². The number of rotatable bonds is 5. The molecule has 0 spiro atoms. The second-order valence-corrected chi connectivity index (χ2v) is 5.62. The van der Waals surface area contributed by atoms with Crippen molar-refractivity contribution in [2.45, 2.75) is 6.42 Å². The molecule has 0 saturated carbocycles. The number of methoxy groups -OCH3 is 1. The number of pyridine rings is 1. The van der Waals surface area contributed by atoms with Crippen molar-refractivity contribution in [3.63, 3.8) is 0 Å². The molecule has 1 aromatic carbocycles. The number of benzene rings is 1. The second-order valence-electron chi connectivity index (χ2n) is 4.81. The fourth-order valence-electron chi connectivity index (χ4n) is 2.21. The molecule has 2 N–H and O–H groups in total. The van der Waals surface area contributed by atoms with E-state index >= 15 is 0 Å². The standard InChI is InChI=1S/C16H16N4O2S/c1-22-13-6-4-9-17-15(13)19-16(21)18-10-8-12-11-5-2-3-7-14(11)23-20-12/h2-7,9H,8,10H2,1H3,(H2,17,18,19,21). The van der Waals surface area contributed by atoms with E-state index in [2.05, 4.69) is 20.0 Å². The summed E-state index contributed by atoms with van der Waals surface area (Å²) in [5.41, 5.74) is 1.00. The number of anilines is 1. The highest BCUT2D eigenvalue weighted by Gasteiger charge is 2.09. The molecular formula is C16H16N4O2S. The van der Waals surface area contributed by atoms with Crippen molar-refractivity contribution in [1.29, 1.82) is 0 Å². The Hall–Kier alpha value is -2.67. The lowest BCUT2D eigenvalue weighted by molar-refractivity contribution is 0.252. The number of ether oxygens (including phenoxy) is 1. The number of urea groups is 1. The van der Waals surface area contributed by atoms with E-state index in [4.69, 9.17) is 4.74 Å². The van der Waals surface area contributed by atoms with E-state index in [-0.39, 0.29) is 6.03 Å². The number of nitrogens with zero attached hydrogens (tertiary/aromatic N) is 2. The molecule has 2 aromatic heterocycles. The average molecular weight is 328 g/mol. The average Bonchev–Trinajstić information content (AvgIpc) is 2.99. The first-order chi connectivity index (χ1) is 11.3. The lowest BCUT2D eigenvalue weighted by Crippen LogP contribution is -2.31. The fourth-order valence-corrected chi connectivity index (χ4v) is 3.04. The highest BCUT2D eigenvalue weighted by atomic mass is 32.1. The number of fused-ring (bicyclic) bond motifs is 1. The maximum absolute atomic E-state index is 11.9. The highest BCUT2D eigenvalue weighted by molar-refractivity contribution is 7.13. The van der Waals surface area contributed by atoms with E-state index in [1.54, 1.807) is 18.3 Å². The normalized spacial score (nSPS) is 10.5. The van der Waals surface area contributed by atoms with Gasteiger partial charge in [0.15, 0.2) is 11.6 Å². The van der Waals surface area contributed by atoms with Crippen LogP contribution in [0.15, 0.2) is 42.6 Å². The van der Waals surface area contributed by atoms with E-state index in [9.17, 15) is 4.79 Å². The Labute approximate surface area is 137 Å². The molecule has 7 heteroatoms. The van der Waals surface area contributed by atoms with Gasteiger partial charge in [0.25, 0.3) is 0 Å². The van der Waals surface area contributed by atoms with Crippen LogP contribution in [-0.4, -0.2) is 29.0 Å². The van der Waals surface area contributed by atoms with Crippen LogP contribution in [0.25, 0.3) is 10.1 Å². The number of hydrogen-bond donors (Lipinski definition) is 2. The number of amides is 2. The summed E-state index contributed by atoms with van der Waals surface area (Å²) >= 11 is 1.48. The Bertz CT molecular complexity index is 818. The zero-order valence-corrected chi connectivity index (χ0v) is 13.4. The van der Waals surface area contributed by atoms with Crippen LogP contribution in [0.5, 0.6) is 5.75 Å². The van der Waals surface area contributed by atoms with Crippen LogP contribution in [-0.2, 0) is 6.42 Å². The van der Waals surface area contributed by atoms with E-state index in [1.165, 1.54) is 18.6 Å². The van der Waals surface area contributed by atoms with E-state index in [1.807, 2.05) is 24.3 Å². The topological polar surface area (TPSA) is 76.1 Å². The van der Waals surface area contributed by atoms with Gasteiger partial charge in [-0.2, -0.15) is 4.37 Å². The number of carbonyl (C=O) groups is 1. The monoisotopic (exact) mass is 328 g/mol. The quantitative estimate of drug-likeness (QED) is 0.755. The molecule has 0 fully saturated rings. The predicted octanol–water partition coefficient (Wildman–Crippen LogP) is 3.06. The summed E-state index contributed by atoms with van der Waals surface area (Å²) in [6.45, 7) is 0.495. The molecule has 0 radical (unpaired) electrons. The maximum atomic E-state index is 11.9. The molecule has 3 aromatic rings. The summed E-state index contributed by atoms with van der Waals surface area (Å²) in [6, 6.07) is 11.3. The van der Waals surface area contributed by atoms with E-state index < -0.39 is 0 Å². The third-order valence-corrected chi connectivity index (χ3v) is 4.19. The first-order valence-corrected chi connectivity index (χ1v) is 7.92. The van der Waals surface area contributed by atoms with Crippen LogP contribution in [0.4, 0.5) is 10.6 Å². The second kappa shape index (κ2) is 7.06. The predicted molar refractivity (Wildman–Crippen MR) is 91.1 cm³/mol. The molecular weight excluding hydrogens is 312 g/mol. The first-order valence-electron chi connectivity index (χ1n) is 7.15. The van der Waals surface area contributed by atoms with Gasteiger partial charge in [0, 0.05) is 24.5 Å². The Balaban J connectivity index is 1.55. The SMILES string of the molecule is COc1cccnc1NC(=O)NCCc1nsc2ccccc12. The Morgan fingerprint density at radius 3 is 3.00 bits per heavy atom. The molecule has 2 amide bonds. The van der Waals surface area contributed by atoms with Gasteiger partial charge < -0.3 is 10.1 Å². The van der Waals surface area contributed by atoms with E-state index in [0.29, 0.717) is 24.5 Å². The number of aromatic nitrogens is 2. The molecule has 118 valence electrons. The highest BCUT2D eigenvalue weighted by Crippen LogP contribution is 2.22. The van der Waals surface area contributed by atoms with Crippen molar-refractivity contribution >= 4 is 33.5 Å². The smallest absolute Gasteiger partial charge is 0.320 e. The molecule has 0 aliphatic carbocycles. The van der Waals surface area contributed by atoms with Crippen LogP contribution in [0.3, 0.4) is 0 Å². The zero-order chi connectivity index (χ0) is 16.1. The molecule has 23 heavy (non-hydrogen) atoms. The minimum Gasteiger partial charge on any atom is -0.493 e. The van der Waals surface area contributed by atoms with Crippen LogP contribution in [0, 0.1) is 0 Å². The van der Waals surface area contributed by atoms with Gasteiger partial charge in [-0.05, 0) is 29.7 Å². The number of nitrogens with one attached hydrogen (secondary N) is 2. The maximum Gasteiger partial charge on any atom is 0.320 e. The van der Waals surface area contributed by atoms with Crippen molar-refractivity contribution in [2.75, 3.05) is 19.0 Å². The molecule has 0 aliphatic rings. The van der Waals surface area contributed by atoms with Crippen molar-refractivity contribution < 1.29 is 9.53 Å². The summed E-state index contributed by atoms with van der Waals surface area (Å²) in [4.78, 5) is 16.0. The van der Waals surface area contributed by atoms with Gasteiger partial charge >= 0.3 is 6.03 Å². The van der Waals surface area contributed by atoms with Gasteiger partial charge in [0.1, 0.15) is 0 Å². The summed E-state index contributed by atoms with van der Waals surface area (Å²) in [5, 5.41) is 6.62. The Morgan fingerprint density at radius 1 is 1.26 bits per heavy atom. The minimum absolute atomic E-state index is 0.318. The molecule has 6 nitrogen and oxygen atoms in total. The summed E-state index contributed by atoms with van der Waals surface area (Å²) in [6.07, 6.45) is 2.27. The van der Waals surface area contributed by atoms with Gasteiger partial charge in [-0.15, -0.1) is 0 Å². The number of carbonyl (C=O) groups excluding carboxylic acids is 1. The summed E-state index contributed by atoms with van der Waals surface area (Å²) < 4.78 is 10.7. The van der Waals surface area contributed by atoms with Gasteiger partial charge in [0.05, 0.1) is 17.5 Å². The molecule has 0 atom stereocenters. The Kier molecular flexibility index (Phi) is 4.68. The largest absolute Gasteiger partial charge is 0.493 e. The van der Waals surface area contributed by atoms with Gasteiger partial charge in [-0.3, -0.25) is 5.32 Å². The molecule has 2 heterocycles. The van der Waals surface area contributed by atoms with Crippen molar-refractivity contribution in [3.05, 3.63) is 48.3 Å². The lowest BCUT2D eigenvalue weighted by atomic mass is 10.2. The molecule has 0 aliphatic heterocycles. The van der Waals surface area contributed by atoms with Gasteiger partial charge in [-0.25, -0.2) is 9.78 Å². The fraction of sp³-hybridized carbons (Fsp3) is 0.188. The first kappa shape index (κ1) is 15.2. The Morgan fingerprint density at radius 2 is 2.13 bits per heavy atom. The van der Waals surface area contributed by atoms with Crippen molar-refractivity contribution in [1.82, 2.24) is 14.7 Å². The lowest BCUT2D eigenvalue weighted by Gasteiger charge is -2.09. The van der Waals surface area contributed by atoms with Gasteiger partial charge in [-0.1, -0.05) is 18.2 Å². The van der Waals surface area contributed by atoms with Gasteiger partial charge in [0.2, 0.25) is 0 Å². The molecule has 3 rings (SSSR count). The molecule has 0 saturated heterocycles.